The first kappa shape index (κ1) is 12.1. The van der Waals surface area contributed by atoms with Crippen molar-refractivity contribution in [3.63, 3.8) is 0 Å². The summed E-state index contributed by atoms with van der Waals surface area (Å²) < 4.78 is 10.7. The van der Waals surface area contributed by atoms with E-state index >= 15 is 0 Å². The second kappa shape index (κ2) is 5.33. The smallest absolute Gasteiger partial charge is 0.231 e. The third kappa shape index (κ3) is 2.71. The first-order chi connectivity index (χ1) is 9.33. The third-order valence-electron chi connectivity index (χ3n) is 3.47. The van der Waals surface area contributed by atoms with Crippen molar-refractivity contribution in [3.05, 3.63) is 59.7 Å². The van der Waals surface area contributed by atoms with Crippen molar-refractivity contribution in [3.8, 4) is 11.5 Å². The molecule has 2 aromatic rings. The molecule has 0 amide bonds. The minimum absolute atomic E-state index is 0.336. The van der Waals surface area contributed by atoms with Gasteiger partial charge in [-0.05, 0) is 25.1 Å². The standard InChI is InChI=1S/C16H17NO2/c1-12(14-5-3-2-4-6-14)17-10-13-7-8-15-16(9-13)19-11-18-15/h2-9,12,17H,10-11H2,1H3/p+1/t12-/m1/s1. The molecular formula is C16H18NO2+. The van der Waals surface area contributed by atoms with E-state index in [0.717, 1.165) is 18.0 Å². The summed E-state index contributed by atoms with van der Waals surface area (Å²) in [7, 11) is 0. The van der Waals surface area contributed by atoms with Crippen LogP contribution in [0, 0.1) is 0 Å². The van der Waals surface area contributed by atoms with Crippen LogP contribution in [-0.4, -0.2) is 6.79 Å². The van der Waals surface area contributed by atoms with Gasteiger partial charge in [0.15, 0.2) is 11.5 Å². The Kier molecular flexibility index (Phi) is 3.38. The van der Waals surface area contributed by atoms with Crippen LogP contribution in [0.15, 0.2) is 48.5 Å². The van der Waals surface area contributed by atoms with E-state index in [9.17, 15) is 0 Å². The topological polar surface area (TPSA) is 35.1 Å². The molecule has 1 atom stereocenters. The lowest BCUT2D eigenvalue weighted by atomic mass is 10.1. The zero-order valence-corrected chi connectivity index (χ0v) is 11.0. The largest absolute Gasteiger partial charge is 0.454 e. The number of hydrogen-bond acceptors (Lipinski definition) is 2. The molecule has 98 valence electrons. The quantitative estimate of drug-likeness (QED) is 0.910. The fraction of sp³-hybridized carbons (Fsp3) is 0.250. The second-order valence-corrected chi connectivity index (χ2v) is 4.83. The first-order valence-electron chi connectivity index (χ1n) is 6.60. The maximum atomic E-state index is 5.39. The van der Waals surface area contributed by atoms with Crippen LogP contribution in [-0.2, 0) is 6.54 Å². The lowest BCUT2D eigenvalue weighted by Gasteiger charge is -2.11. The Morgan fingerprint density at radius 1 is 1.05 bits per heavy atom. The highest BCUT2D eigenvalue weighted by atomic mass is 16.7. The van der Waals surface area contributed by atoms with Crippen LogP contribution >= 0.6 is 0 Å². The molecule has 0 saturated carbocycles. The summed E-state index contributed by atoms with van der Waals surface area (Å²) in [5.74, 6) is 1.71. The summed E-state index contributed by atoms with van der Waals surface area (Å²) in [4.78, 5) is 0. The van der Waals surface area contributed by atoms with E-state index in [-0.39, 0.29) is 0 Å². The highest BCUT2D eigenvalue weighted by Crippen LogP contribution is 2.32. The summed E-state index contributed by atoms with van der Waals surface area (Å²) in [5.41, 5.74) is 2.61. The average Bonchev–Trinajstić information content (AvgIpc) is 2.93. The lowest BCUT2D eigenvalue weighted by Crippen LogP contribution is -2.83. The van der Waals surface area contributed by atoms with E-state index < -0.39 is 0 Å². The van der Waals surface area contributed by atoms with Crippen LogP contribution in [0.5, 0.6) is 11.5 Å². The number of rotatable bonds is 4. The minimum atomic E-state index is 0.336. The highest BCUT2D eigenvalue weighted by molar-refractivity contribution is 5.44. The normalized spacial score (nSPS) is 14.4. The molecule has 3 nitrogen and oxygen atoms in total. The monoisotopic (exact) mass is 256 g/mol. The summed E-state index contributed by atoms with van der Waals surface area (Å²) in [6.45, 7) is 3.50. The zero-order valence-electron chi connectivity index (χ0n) is 11.0. The molecule has 0 aliphatic carbocycles. The Morgan fingerprint density at radius 2 is 1.84 bits per heavy atom. The van der Waals surface area contributed by atoms with Gasteiger partial charge in [0.25, 0.3) is 0 Å². The maximum absolute atomic E-state index is 5.39. The molecule has 1 aliphatic rings. The Hall–Kier alpha value is -2.00. The predicted molar refractivity (Wildman–Crippen MR) is 73.1 cm³/mol. The van der Waals surface area contributed by atoms with Crippen molar-refractivity contribution in [2.45, 2.75) is 19.5 Å². The molecule has 1 aliphatic heterocycles. The van der Waals surface area contributed by atoms with Crippen LogP contribution in [0.25, 0.3) is 0 Å². The van der Waals surface area contributed by atoms with E-state index in [2.05, 4.69) is 48.6 Å². The fourth-order valence-corrected chi connectivity index (χ4v) is 2.27. The lowest BCUT2D eigenvalue weighted by molar-refractivity contribution is -0.707. The van der Waals surface area contributed by atoms with E-state index in [1.165, 1.54) is 11.1 Å². The molecule has 0 unspecified atom stereocenters. The van der Waals surface area contributed by atoms with Crippen molar-refractivity contribution in [1.29, 1.82) is 0 Å². The van der Waals surface area contributed by atoms with Gasteiger partial charge in [-0.1, -0.05) is 30.3 Å². The molecule has 0 fully saturated rings. The van der Waals surface area contributed by atoms with Crippen molar-refractivity contribution < 1.29 is 14.8 Å². The molecule has 0 aromatic heterocycles. The third-order valence-corrected chi connectivity index (χ3v) is 3.47. The molecule has 2 aromatic carbocycles. The van der Waals surface area contributed by atoms with E-state index in [1.807, 2.05) is 12.1 Å². The number of benzene rings is 2. The predicted octanol–water partition coefficient (Wildman–Crippen LogP) is 2.24. The Bertz CT molecular complexity index is 554. The van der Waals surface area contributed by atoms with Gasteiger partial charge in [0.1, 0.15) is 12.6 Å². The highest BCUT2D eigenvalue weighted by Gasteiger charge is 2.14. The van der Waals surface area contributed by atoms with Crippen molar-refractivity contribution >= 4 is 0 Å². The van der Waals surface area contributed by atoms with Crippen LogP contribution in [0.2, 0.25) is 0 Å². The SMILES string of the molecule is C[C@@H]([NH2+]Cc1ccc2c(c1)OCO2)c1ccccc1. The van der Waals surface area contributed by atoms with Gasteiger partial charge in [0.05, 0.1) is 0 Å². The van der Waals surface area contributed by atoms with Gasteiger partial charge in [0, 0.05) is 11.1 Å². The molecular weight excluding hydrogens is 238 g/mol. The molecule has 3 heteroatoms. The number of ether oxygens (including phenoxy) is 2. The van der Waals surface area contributed by atoms with Gasteiger partial charge in [-0.3, -0.25) is 0 Å². The van der Waals surface area contributed by atoms with Gasteiger partial charge in [-0.2, -0.15) is 0 Å². The Balaban J connectivity index is 1.63. The van der Waals surface area contributed by atoms with Gasteiger partial charge in [-0.15, -0.1) is 0 Å². The van der Waals surface area contributed by atoms with Gasteiger partial charge in [0.2, 0.25) is 6.79 Å². The molecule has 1 heterocycles. The van der Waals surface area contributed by atoms with Crippen molar-refractivity contribution in [1.82, 2.24) is 0 Å². The average molecular weight is 256 g/mol. The molecule has 0 spiro atoms. The first-order valence-corrected chi connectivity index (χ1v) is 6.60. The number of nitrogens with two attached hydrogens (primary N) is 1. The summed E-state index contributed by atoms with van der Waals surface area (Å²) in [6.07, 6.45) is 0. The fourth-order valence-electron chi connectivity index (χ4n) is 2.27. The summed E-state index contributed by atoms with van der Waals surface area (Å²) >= 11 is 0. The van der Waals surface area contributed by atoms with Crippen molar-refractivity contribution in [2.24, 2.45) is 0 Å². The minimum Gasteiger partial charge on any atom is -0.454 e. The molecule has 3 rings (SSSR count). The van der Waals surface area contributed by atoms with Gasteiger partial charge in [-0.25, -0.2) is 0 Å². The van der Waals surface area contributed by atoms with Crippen molar-refractivity contribution in [2.75, 3.05) is 6.79 Å². The van der Waals surface area contributed by atoms with Gasteiger partial charge >= 0.3 is 0 Å². The maximum Gasteiger partial charge on any atom is 0.231 e. The van der Waals surface area contributed by atoms with E-state index in [0.29, 0.717) is 12.8 Å². The summed E-state index contributed by atoms with van der Waals surface area (Å²) in [6, 6.07) is 17.2. The number of quaternary nitrogens is 1. The molecule has 2 N–H and O–H groups in total. The molecule has 19 heavy (non-hydrogen) atoms. The molecule has 0 bridgehead atoms. The molecule has 0 saturated heterocycles. The number of hydrogen-bond donors (Lipinski definition) is 1. The Morgan fingerprint density at radius 3 is 2.68 bits per heavy atom. The van der Waals surface area contributed by atoms with E-state index in [4.69, 9.17) is 9.47 Å². The summed E-state index contributed by atoms with van der Waals surface area (Å²) in [5, 5.41) is 2.33. The van der Waals surface area contributed by atoms with Crippen LogP contribution in [0.1, 0.15) is 24.1 Å². The molecule has 0 radical (unpaired) electrons. The van der Waals surface area contributed by atoms with Crippen LogP contribution in [0.3, 0.4) is 0 Å². The second-order valence-electron chi connectivity index (χ2n) is 4.83. The zero-order chi connectivity index (χ0) is 13.1. The Labute approximate surface area is 113 Å². The number of fused-ring (bicyclic) bond motifs is 1. The van der Waals surface area contributed by atoms with Crippen LogP contribution in [0.4, 0.5) is 0 Å². The van der Waals surface area contributed by atoms with Crippen LogP contribution < -0.4 is 14.8 Å². The van der Waals surface area contributed by atoms with Gasteiger partial charge < -0.3 is 14.8 Å². The van der Waals surface area contributed by atoms with E-state index in [1.54, 1.807) is 0 Å².